The Hall–Kier alpha value is -3.43. The average Bonchev–Trinajstić information content (AvgIpc) is 2.96. The molecule has 0 fully saturated rings. The number of anilines is 1. The van der Waals surface area contributed by atoms with E-state index < -0.39 is 5.97 Å². The molecule has 148 valence electrons. The molecule has 0 radical (unpaired) electrons. The van der Waals surface area contributed by atoms with Crippen molar-refractivity contribution in [3.05, 3.63) is 70.4 Å². The molecule has 0 saturated heterocycles. The number of nitrogens with one attached hydrogen (secondary N) is 2. The van der Waals surface area contributed by atoms with Gasteiger partial charge in [-0.05, 0) is 49.5 Å². The van der Waals surface area contributed by atoms with Crippen molar-refractivity contribution < 1.29 is 15.0 Å². The van der Waals surface area contributed by atoms with Crippen LogP contribution in [0.15, 0.2) is 53.6 Å². The topological polar surface area (TPSA) is 112 Å². The SMILES string of the molecule is Cc1nn(-c2cccc(Cl)c2)c(O)c1C=NNC(=S)Nc1ccccc1C(=O)O. The number of para-hydroxylation sites is 1. The van der Waals surface area contributed by atoms with E-state index in [1.54, 1.807) is 49.4 Å². The van der Waals surface area contributed by atoms with Crippen LogP contribution in [0.25, 0.3) is 5.69 Å². The Morgan fingerprint density at radius 3 is 2.76 bits per heavy atom. The zero-order chi connectivity index (χ0) is 21.0. The van der Waals surface area contributed by atoms with Crippen LogP contribution in [-0.4, -0.2) is 37.3 Å². The summed E-state index contributed by atoms with van der Waals surface area (Å²) < 4.78 is 1.35. The molecule has 8 nitrogen and oxygen atoms in total. The lowest BCUT2D eigenvalue weighted by molar-refractivity contribution is 0.0698. The van der Waals surface area contributed by atoms with Gasteiger partial charge in [0.05, 0.1) is 34.4 Å². The number of nitrogens with zero attached hydrogens (tertiary/aromatic N) is 3. The number of thiocarbonyl (C=S) groups is 1. The highest BCUT2D eigenvalue weighted by atomic mass is 35.5. The summed E-state index contributed by atoms with van der Waals surface area (Å²) in [5.41, 5.74) is 4.54. The molecular formula is C19H16ClN5O3S. The first-order chi connectivity index (χ1) is 13.9. The number of carboxylic acids is 1. The largest absolute Gasteiger partial charge is 0.493 e. The van der Waals surface area contributed by atoms with Crippen LogP contribution in [0.1, 0.15) is 21.6 Å². The third-order valence-corrected chi connectivity index (χ3v) is 4.33. The molecule has 0 saturated carbocycles. The molecule has 0 atom stereocenters. The number of aromatic carboxylic acids is 1. The summed E-state index contributed by atoms with van der Waals surface area (Å²) in [6, 6.07) is 13.3. The van der Waals surface area contributed by atoms with Crippen LogP contribution in [0.3, 0.4) is 0 Å². The van der Waals surface area contributed by atoms with Gasteiger partial charge in [0.1, 0.15) is 0 Å². The molecule has 0 spiro atoms. The van der Waals surface area contributed by atoms with Crippen molar-refractivity contribution in [1.82, 2.24) is 15.2 Å². The molecule has 3 rings (SSSR count). The van der Waals surface area contributed by atoms with Crippen LogP contribution >= 0.6 is 23.8 Å². The summed E-state index contributed by atoms with van der Waals surface area (Å²) in [5, 5.41) is 31.3. The summed E-state index contributed by atoms with van der Waals surface area (Å²) in [7, 11) is 0. The molecule has 0 bridgehead atoms. The van der Waals surface area contributed by atoms with Crippen LogP contribution in [-0.2, 0) is 0 Å². The predicted molar refractivity (Wildman–Crippen MR) is 115 cm³/mol. The average molecular weight is 430 g/mol. The third kappa shape index (κ3) is 4.71. The van der Waals surface area contributed by atoms with Gasteiger partial charge < -0.3 is 15.5 Å². The maximum atomic E-state index is 11.2. The molecule has 0 unspecified atom stereocenters. The quantitative estimate of drug-likeness (QED) is 0.278. The van der Waals surface area contributed by atoms with Crippen molar-refractivity contribution in [1.29, 1.82) is 0 Å². The van der Waals surface area contributed by atoms with Gasteiger partial charge in [0, 0.05) is 5.02 Å². The van der Waals surface area contributed by atoms with Crippen molar-refractivity contribution in [2.45, 2.75) is 6.92 Å². The van der Waals surface area contributed by atoms with E-state index in [1.807, 2.05) is 0 Å². The van der Waals surface area contributed by atoms with Crippen molar-refractivity contribution in [2.75, 3.05) is 5.32 Å². The monoisotopic (exact) mass is 429 g/mol. The standard InChI is InChI=1S/C19H16ClN5O3S/c1-11-15(17(26)25(24-11)13-6-4-5-12(20)9-13)10-21-23-19(29)22-16-8-3-2-7-14(16)18(27)28/h2-10,26H,1H3,(H,27,28)(H2,22,23,29). The van der Waals surface area contributed by atoms with E-state index in [-0.39, 0.29) is 16.6 Å². The van der Waals surface area contributed by atoms with E-state index >= 15 is 0 Å². The molecule has 2 aromatic carbocycles. The van der Waals surface area contributed by atoms with Crippen molar-refractivity contribution in [3.63, 3.8) is 0 Å². The van der Waals surface area contributed by atoms with Gasteiger partial charge in [0.2, 0.25) is 5.88 Å². The van der Waals surface area contributed by atoms with Crippen LogP contribution < -0.4 is 10.7 Å². The second kappa shape index (κ2) is 8.72. The van der Waals surface area contributed by atoms with Gasteiger partial charge in [-0.3, -0.25) is 5.43 Å². The molecule has 3 aromatic rings. The van der Waals surface area contributed by atoms with E-state index in [2.05, 4.69) is 20.9 Å². The molecular weight excluding hydrogens is 414 g/mol. The number of hydrogen-bond donors (Lipinski definition) is 4. The van der Waals surface area contributed by atoms with Gasteiger partial charge in [-0.2, -0.15) is 10.2 Å². The summed E-state index contributed by atoms with van der Waals surface area (Å²) in [5.74, 6) is -1.18. The first-order valence-corrected chi connectivity index (χ1v) is 9.12. The number of carbonyl (C=O) groups is 1. The Kier molecular flexibility index (Phi) is 6.10. The highest BCUT2D eigenvalue weighted by molar-refractivity contribution is 7.80. The molecule has 0 aliphatic rings. The van der Waals surface area contributed by atoms with Gasteiger partial charge in [-0.25, -0.2) is 9.48 Å². The summed E-state index contributed by atoms with van der Waals surface area (Å²) in [6.07, 6.45) is 1.37. The number of hydrogen-bond acceptors (Lipinski definition) is 5. The fraction of sp³-hybridized carbons (Fsp3) is 0.0526. The Morgan fingerprint density at radius 1 is 1.28 bits per heavy atom. The van der Waals surface area contributed by atoms with Crippen LogP contribution in [0.5, 0.6) is 5.88 Å². The number of aromatic hydroxyl groups is 1. The maximum absolute atomic E-state index is 11.2. The lowest BCUT2D eigenvalue weighted by Crippen LogP contribution is -2.25. The summed E-state index contributed by atoms with van der Waals surface area (Å²) >= 11 is 11.1. The number of hydrazone groups is 1. The zero-order valence-corrected chi connectivity index (χ0v) is 16.7. The van der Waals surface area contributed by atoms with Crippen molar-refractivity contribution in [2.24, 2.45) is 5.10 Å². The van der Waals surface area contributed by atoms with Gasteiger partial charge >= 0.3 is 5.97 Å². The molecule has 29 heavy (non-hydrogen) atoms. The summed E-state index contributed by atoms with van der Waals surface area (Å²) in [6.45, 7) is 1.72. The Morgan fingerprint density at radius 2 is 2.03 bits per heavy atom. The van der Waals surface area contributed by atoms with Crippen molar-refractivity contribution >= 4 is 46.8 Å². The fourth-order valence-electron chi connectivity index (χ4n) is 2.55. The van der Waals surface area contributed by atoms with E-state index in [0.717, 1.165) is 0 Å². The van der Waals surface area contributed by atoms with Crippen LogP contribution in [0, 0.1) is 6.92 Å². The Labute approximate surface area is 176 Å². The predicted octanol–water partition coefficient (Wildman–Crippen LogP) is 3.56. The van der Waals surface area contributed by atoms with E-state index in [0.29, 0.717) is 27.7 Å². The minimum absolute atomic E-state index is 0.0805. The summed E-state index contributed by atoms with van der Waals surface area (Å²) in [4.78, 5) is 11.2. The fourth-order valence-corrected chi connectivity index (χ4v) is 2.90. The number of aryl methyl sites for hydroxylation is 1. The molecule has 1 heterocycles. The molecule has 0 aliphatic heterocycles. The van der Waals surface area contributed by atoms with Crippen molar-refractivity contribution in [3.8, 4) is 11.6 Å². The number of aromatic nitrogens is 2. The normalized spacial score (nSPS) is 10.8. The number of halogens is 1. The van der Waals surface area contributed by atoms with E-state index in [9.17, 15) is 15.0 Å². The van der Waals surface area contributed by atoms with Gasteiger partial charge in [0.25, 0.3) is 0 Å². The highest BCUT2D eigenvalue weighted by Crippen LogP contribution is 2.24. The van der Waals surface area contributed by atoms with E-state index in [4.69, 9.17) is 23.8 Å². The number of carboxylic acid groups (broad SMARTS) is 1. The lowest BCUT2D eigenvalue weighted by atomic mass is 10.2. The molecule has 0 aliphatic carbocycles. The third-order valence-electron chi connectivity index (χ3n) is 3.90. The Balaban J connectivity index is 1.73. The highest BCUT2D eigenvalue weighted by Gasteiger charge is 2.14. The smallest absolute Gasteiger partial charge is 0.337 e. The second-order valence-electron chi connectivity index (χ2n) is 5.89. The van der Waals surface area contributed by atoms with Crippen LogP contribution in [0.2, 0.25) is 5.02 Å². The number of rotatable bonds is 5. The lowest BCUT2D eigenvalue weighted by Gasteiger charge is -2.09. The molecule has 10 heteroatoms. The molecule has 0 amide bonds. The van der Waals surface area contributed by atoms with Crippen LogP contribution in [0.4, 0.5) is 5.69 Å². The van der Waals surface area contributed by atoms with Gasteiger partial charge in [-0.1, -0.05) is 29.8 Å². The Bertz CT molecular complexity index is 1110. The molecule has 1 aromatic heterocycles. The first-order valence-electron chi connectivity index (χ1n) is 8.33. The maximum Gasteiger partial charge on any atom is 0.337 e. The minimum atomic E-state index is -1.08. The minimum Gasteiger partial charge on any atom is -0.493 e. The van der Waals surface area contributed by atoms with E-state index in [1.165, 1.54) is 17.0 Å². The van der Waals surface area contributed by atoms with Gasteiger partial charge in [0.15, 0.2) is 5.11 Å². The second-order valence-corrected chi connectivity index (χ2v) is 6.73. The molecule has 4 N–H and O–H groups in total. The van der Waals surface area contributed by atoms with Gasteiger partial charge in [-0.15, -0.1) is 0 Å². The number of benzene rings is 2. The first kappa shape index (κ1) is 20.3. The zero-order valence-electron chi connectivity index (χ0n) is 15.1.